The van der Waals surface area contributed by atoms with Gasteiger partial charge in [-0.1, -0.05) is 5.16 Å². The van der Waals surface area contributed by atoms with Crippen LogP contribution in [0.3, 0.4) is 0 Å². The van der Waals surface area contributed by atoms with Crippen molar-refractivity contribution in [3.63, 3.8) is 0 Å². The lowest BCUT2D eigenvalue weighted by atomic mass is 10.2. The standard InChI is InChI=1S/C9H5BrN2O3/c10-6-4-11-2-1-5(6)7-3-8(9(13)14)15-12-7/h1-4H,(H,13,14). The Balaban J connectivity index is 2.46. The van der Waals surface area contributed by atoms with E-state index >= 15 is 0 Å². The van der Waals surface area contributed by atoms with E-state index in [1.807, 2.05) is 0 Å². The van der Waals surface area contributed by atoms with Crippen molar-refractivity contribution in [1.29, 1.82) is 0 Å². The molecule has 1 N–H and O–H groups in total. The number of pyridine rings is 1. The first-order chi connectivity index (χ1) is 7.18. The van der Waals surface area contributed by atoms with E-state index in [0.717, 1.165) is 10.0 Å². The highest BCUT2D eigenvalue weighted by Crippen LogP contribution is 2.26. The van der Waals surface area contributed by atoms with Crippen molar-refractivity contribution < 1.29 is 14.4 Å². The second-order valence-corrected chi connectivity index (χ2v) is 3.59. The summed E-state index contributed by atoms with van der Waals surface area (Å²) < 4.78 is 5.38. The zero-order valence-corrected chi connectivity index (χ0v) is 8.93. The molecule has 0 saturated carbocycles. The van der Waals surface area contributed by atoms with Crippen LogP contribution in [-0.4, -0.2) is 21.2 Å². The maximum atomic E-state index is 10.6. The van der Waals surface area contributed by atoms with Crippen LogP contribution in [0.15, 0.2) is 33.5 Å². The summed E-state index contributed by atoms with van der Waals surface area (Å²) in [5.41, 5.74) is 1.20. The molecular formula is C9H5BrN2O3. The molecule has 0 bridgehead atoms. The minimum absolute atomic E-state index is 0.186. The fourth-order valence-electron chi connectivity index (χ4n) is 1.09. The fourth-order valence-corrected chi connectivity index (χ4v) is 1.54. The second kappa shape index (κ2) is 3.82. The van der Waals surface area contributed by atoms with E-state index in [1.54, 1.807) is 18.5 Å². The number of carbonyl (C=O) groups is 1. The van der Waals surface area contributed by atoms with Gasteiger partial charge < -0.3 is 9.63 Å². The minimum Gasteiger partial charge on any atom is -0.475 e. The molecule has 0 spiro atoms. The minimum atomic E-state index is -1.14. The van der Waals surface area contributed by atoms with Crippen LogP contribution < -0.4 is 0 Å². The van der Waals surface area contributed by atoms with Gasteiger partial charge in [-0.2, -0.15) is 0 Å². The third-order valence-electron chi connectivity index (χ3n) is 1.77. The van der Waals surface area contributed by atoms with Gasteiger partial charge in [0.05, 0.1) is 0 Å². The molecular weight excluding hydrogens is 264 g/mol. The van der Waals surface area contributed by atoms with E-state index in [2.05, 4.69) is 30.6 Å². The fraction of sp³-hybridized carbons (Fsp3) is 0. The molecule has 76 valence electrons. The van der Waals surface area contributed by atoms with E-state index < -0.39 is 5.97 Å². The number of aromatic nitrogens is 2. The molecule has 0 amide bonds. The Morgan fingerprint density at radius 1 is 1.53 bits per heavy atom. The van der Waals surface area contributed by atoms with Gasteiger partial charge in [0, 0.05) is 28.5 Å². The molecule has 2 heterocycles. The number of carboxylic acids is 1. The van der Waals surface area contributed by atoms with Crippen LogP contribution in [0.5, 0.6) is 0 Å². The number of halogens is 1. The molecule has 6 heteroatoms. The first-order valence-electron chi connectivity index (χ1n) is 3.98. The highest BCUT2D eigenvalue weighted by Gasteiger charge is 2.13. The third-order valence-corrected chi connectivity index (χ3v) is 2.40. The van der Waals surface area contributed by atoms with Gasteiger partial charge in [0.15, 0.2) is 0 Å². The predicted octanol–water partition coefficient (Wildman–Crippen LogP) is 2.20. The van der Waals surface area contributed by atoms with Gasteiger partial charge in [0.2, 0.25) is 5.76 Å². The van der Waals surface area contributed by atoms with Crippen LogP contribution in [0, 0.1) is 0 Å². The monoisotopic (exact) mass is 268 g/mol. The molecule has 0 saturated heterocycles. The molecule has 0 aliphatic heterocycles. The Morgan fingerprint density at radius 2 is 2.33 bits per heavy atom. The summed E-state index contributed by atoms with van der Waals surface area (Å²) >= 11 is 3.29. The number of carboxylic acid groups (broad SMARTS) is 1. The smallest absolute Gasteiger partial charge is 0.374 e. The van der Waals surface area contributed by atoms with Crippen molar-refractivity contribution in [2.75, 3.05) is 0 Å². The van der Waals surface area contributed by atoms with Crippen molar-refractivity contribution in [2.45, 2.75) is 0 Å². The van der Waals surface area contributed by atoms with E-state index in [9.17, 15) is 4.79 Å². The van der Waals surface area contributed by atoms with Crippen molar-refractivity contribution in [1.82, 2.24) is 10.1 Å². The molecule has 2 rings (SSSR count). The maximum Gasteiger partial charge on any atom is 0.374 e. The van der Waals surface area contributed by atoms with Crippen LogP contribution in [-0.2, 0) is 0 Å². The molecule has 2 aromatic rings. The average Bonchev–Trinajstić information content (AvgIpc) is 2.67. The average molecular weight is 269 g/mol. The topological polar surface area (TPSA) is 76.2 Å². The number of aromatic carboxylic acids is 1. The molecule has 2 aromatic heterocycles. The van der Waals surface area contributed by atoms with E-state index in [0.29, 0.717) is 5.69 Å². The summed E-state index contributed by atoms with van der Waals surface area (Å²) in [6, 6.07) is 3.08. The molecule has 0 aliphatic rings. The van der Waals surface area contributed by atoms with Crippen LogP contribution in [0.1, 0.15) is 10.6 Å². The largest absolute Gasteiger partial charge is 0.475 e. The molecule has 15 heavy (non-hydrogen) atoms. The summed E-state index contributed by atoms with van der Waals surface area (Å²) in [5.74, 6) is -1.33. The Labute approximate surface area is 92.9 Å². The first kappa shape index (κ1) is 9.85. The lowest BCUT2D eigenvalue weighted by Crippen LogP contribution is -1.91. The molecule has 0 atom stereocenters. The number of rotatable bonds is 2. The van der Waals surface area contributed by atoms with Crippen LogP contribution in [0.25, 0.3) is 11.3 Å². The summed E-state index contributed by atoms with van der Waals surface area (Å²) in [4.78, 5) is 14.5. The van der Waals surface area contributed by atoms with Gasteiger partial charge in [-0.15, -0.1) is 0 Å². The summed E-state index contributed by atoms with van der Waals surface area (Å²) in [6.07, 6.45) is 3.19. The molecule has 0 aromatic carbocycles. The Morgan fingerprint density at radius 3 is 2.93 bits per heavy atom. The van der Waals surface area contributed by atoms with E-state index in [1.165, 1.54) is 6.07 Å². The molecule has 5 nitrogen and oxygen atoms in total. The Bertz CT molecular complexity index is 510. The van der Waals surface area contributed by atoms with E-state index in [4.69, 9.17) is 5.11 Å². The first-order valence-corrected chi connectivity index (χ1v) is 4.77. The van der Waals surface area contributed by atoms with Gasteiger partial charge in [0.1, 0.15) is 5.69 Å². The third kappa shape index (κ3) is 1.89. The van der Waals surface area contributed by atoms with Gasteiger partial charge in [-0.25, -0.2) is 4.79 Å². The van der Waals surface area contributed by atoms with Gasteiger partial charge in [-0.3, -0.25) is 4.98 Å². The zero-order valence-electron chi connectivity index (χ0n) is 7.35. The Hall–Kier alpha value is -1.69. The number of hydrogen-bond donors (Lipinski definition) is 1. The Kier molecular flexibility index (Phi) is 2.51. The highest BCUT2D eigenvalue weighted by molar-refractivity contribution is 9.10. The second-order valence-electron chi connectivity index (χ2n) is 2.74. The highest BCUT2D eigenvalue weighted by atomic mass is 79.9. The summed E-state index contributed by atoms with van der Waals surface area (Å²) in [7, 11) is 0. The zero-order chi connectivity index (χ0) is 10.8. The van der Waals surface area contributed by atoms with Gasteiger partial charge in [-0.05, 0) is 22.0 Å². The quantitative estimate of drug-likeness (QED) is 0.904. The molecule has 0 fully saturated rings. The van der Waals surface area contributed by atoms with Crippen molar-refractivity contribution >= 4 is 21.9 Å². The maximum absolute atomic E-state index is 10.6. The SMILES string of the molecule is O=C(O)c1cc(-c2ccncc2Br)no1. The number of nitrogens with zero attached hydrogens (tertiary/aromatic N) is 2. The summed E-state index contributed by atoms with van der Waals surface area (Å²) in [5, 5.41) is 12.3. The molecule has 0 radical (unpaired) electrons. The summed E-state index contributed by atoms with van der Waals surface area (Å²) in [6.45, 7) is 0. The van der Waals surface area contributed by atoms with Crippen LogP contribution >= 0.6 is 15.9 Å². The lowest BCUT2D eigenvalue weighted by molar-refractivity contribution is 0.0652. The van der Waals surface area contributed by atoms with Crippen LogP contribution in [0.4, 0.5) is 0 Å². The normalized spacial score (nSPS) is 10.2. The van der Waals surface area contributed by atoms with Crippen LogP contribution in [0.2, 0.25) is 0 Å². The lowest BCUT2D eigenvalue weighted by Gasteiger charge is -1.96. The van der Waals surface area contributed by atoms with Gasteiger partial charge >= 0.3 is 5.97 Å². The van der Waals surface area contributed by atoms with E-state index in [-0.39, 0.29) is 5.76 Å². The van der Waals surface area contributed by atoms with Crippen molar-refractivity contribution in [3.8, 4) is 11.3 Å². The predicted molar refractivity (Wildman–Crippen MR) is 54.4 cm³/mol. The van der Waals surface area contributed by atoms with Gasteiger partial charge in [0.25, 0.3) is 0 Å². The molecule has 0 aliphatic carbocycles. The van der Waals surface area contributed by atoms with Crippen molar-refractivity contribution in [2.24, 2.45) is 0 Å². The van der Waals surface area contributed by atoms with Crippen molar-refractivity contribution in [3.05, 3.63) is 34.8 Å². The number of hydrogen-bond acceptors (Lipinski definition) is 4. The molecule has 0 unspecified atom stereocenters.